The molecule has 0 radical (unpaired) electrons. The molecule has 0 bridgehead atoms. The van der Waals surface area contributed by atoms with Crippen LogP contribution in [0.1, 0.15) is 5.56 Å². The molecule has 0 aromatic heterocycles. The third-order valence-electron chi connectivity index (χ3n) is 2.66. The number of carbonyl (C=O) groups is 1. The first kappa shape index (κ1) is 14.7. The monoisotopic (exact) mass is 268 g/mol. The lowest BCUT2D eigenvalue weighted by Gasteiger charge is -2.19. The summed E-state index contributed by atoms with van der Waals surface area (Å²) in [6.45, 7) is 2.67. The van der Waals surface area contributed by atoms with Gasteiger partial charge in [0, 0.05) is 19.3 Å². The first-order valence-corrected chi connectivity index (χ1v) is 7.14. The van der Waals surface area contributed by atoms with E-state index in [2.05, 4.69) is 5.32 Å². The summed E-state index contributed by atoms with van der Waals surface area (Å²) in [5.74, 6) is 1.61. The largest absolute Gasteiger partial charge is 0.495 e. The molecule has 0 aliphatic carbocycles. The second-order valence-corrected chi connectivity index (χ2v) is 4.98. The third kappa shape index (κ3) is 3.84. The summed E-state index contributed by atoms with van der Waals surface area (Å²) in [4.78, 5) is 13.7. The minimum atomic E-state index is -0.114. The maximum Gasteiger partial charge on any atom is 0.321 e. The van der Waals surface area contributed by atoms with Crippen molar-refractivity contribution in [2.75, 3.05) is 38.0 Å². The van der Waals surface area contributed by atoms with E-state index >= 15 is 0 Å². The van der Waals surface area contributed by atoms with Crippen molar-refractivity contribution in [1.82, 2.24) is 4.90 Å². The average molecular weight is 268 g/mol. The molecule has 0 saturated heterocycles. The first-order chi connectivity index (χ1) is 8.60. The van der Waals surface area contributed by atoms with E-state index in [4.69, 9.17) is 4.74 Å². The van der Waals surface area contributed by atoms with E-state index in [1.807, 2.05) is 31.4 Å². The van der Waals surface area contributed by atoms with Gasteiger partial charge in [-0.2, -0.15) is 11.8 Å². The number of carbonyl (C=O) groups excluding carboxylic acids is 1. The number of rotatable bonds is 5. The number of hydrogen-bond donors (Lipinski definition) is 1. The van der Waals surface area contributed by atoms with Crippen LogP contribution in [0.3, 0.4) is 0 Å². The number of hydrogen-bond acceptors (Lipinski definition) is 3. The third-order valence-corrected chi connectivity index (χ3v) is 3.25. The number of ether oxygens (including phenoxy) is 1. The number of thioether (sulfide) groups is 1. The summed E-state index contributed by atoms with van der Waals surface area (Å²) in [6, 6.07) is 5.57. The van der Waals surface area contributed by atoms with Gasteiger partial charge in [0.15, 0.2) is 0 Å². The van der Waals surface area contributed by atoms with Gasteiger partial charge in [0.25, 0.3) is 0 Å². The van der Waals surface area contributed by atoms with Gasteiger partial charge in [-0.1, -0.05) is 12.1 Å². The van der Waals surface area contributed by atoms with Crippen LogP contribution in [0.25, 0.3) is 0 Å². The van der Waals surface area contributed by atoms with Crippen LogP contribution in [0.4, 0.5) is 10.5 Å². The molecule has 100 valence electrons. The minimum absolute atomic E-state index is 0.114. The van der Waals surface area contributed by atoms with Crippen molar-refractivity contribution in [3.8, 4) is 5.75 Å². The highest BCUT2D eigenvalue weighted by Gasteiger charge is 2.12. The van der Waals surface area contributed by atoms with Crippen LogP contribution >= 0.6 is 11.8 Å². The maximum atomic E-state index is 12.0. The highest BCUT2D eigenvalue weighted by molar-refractivity contribution is 7.98. The van der Waals surface area contributed by atoms with Crippen molar-refractivity contribution < 1.29 is 9.53 Å². The molecule has 0 atom stereocenters. The predicted molar refractivity (Wildman–Crippen MR) is 77.8 cm³/mol. The second kappa shape index (κ2) is 7.16. The molecule has 0 fully saturated rings. The number of nitrogens with zero attached hydrogens (tertiary/aromatic N) is 1. The molecule has 18 heavy (non-hydrogen) atoms. The summed E-state index contributed by atoms with van der Waals surface area (Å²) in [5.41, 5.74) is 1.72. The molecule has 2 amide bonds. The first-order valence-electron chi connectivity index (χ1n) is 5.74. The summed E-state index contributed by atoms with van der Waals surface area (Å²) in [6.07, 6.45) is 2.02. The molecule has 5 heteroatoms. The molecule has 0 aliphatic rings. The lowest BCUT2D eigenvalue weighted by molar-refractivity contribution is 0.225. The number of urea groups is 1. The molecule has 1 aromatic rings. The summed E-state index contributed by atoms with van der Waals surface area (Å²) in [7, 11) is 3.39. The molecule has 0 heterocycles. The SMILES string of the molecule is COc1cccc(C)c1NC(=O)N(C)CCSC. The minimum Gasteiger partial charge on any atom is -0.495 e. The molecule has 0 saturated carbocycles. The van der Waals surface area contributed by atoms with Gasteiger partial charge < -0.3 is 15.0 Å². The van der Waals surface area contributed by atoms with Crippen molar-refractivity contribution in [3.05, 3.63) is 23.8 Å². The van der Waals surface area contributed by atoms with Gasteiger partial charge in [-0.25, -0.2) is 4.79 Å². The molecule has 1 rings (SSSR count). The van der Waals surface area contributed by atoms with Crippen molar-refractivity contribution in [3.63, 3.8) is 0 Å². The summed E-state index contributed by atoms with van der Waals surface area (Å²) < 4.78 is 5.25. The average Bonchev–Trinajstić information content (AvgIpc) is 2.38. The second-order valence-electron chi connectivity index (χ2n) is 4.00. The van der Waals surface area contributed by atoms with E-state index in [1.165, 1.54) is 0 Å². The van der Waals surface area contributed by atoms with E-state index in [0.717, 1.165) is 23.5 Å². The Labute approximate surface area is 113 Å². The topological polar surface area (TPSA) is 41.6 Å². The number of benzene rings is 1. The fraction of sp³-hybridized carbons (Fsp3) is 0.462. The van der Waals surface area contributed by atoms with Crippen LogP contribution in [-0.4, -0.2) is 43.6 Å². The Kier molecular flexibility index (Phi) is 5.85. The summed E-state index contributed by atoms with van der Waals surface area (Å²) >= 11 is 1.72. The number of para-hydroxylation sites is 1. The van der Waals surface area contributed by atoms with E-state index in [-0.39, 0.29) is 6.03 Å². The van der Waals surface area contributed by atoms with Gasteiger partial charge >= 0.3 is 6.03 Å². The van der Waals surface area contributed by atoms with Crippen molar-refractivity contribution in [2.45, 2.75) is 6.92 Å². The highest BCUT2D eigenvalue weighted by atomic mass is 32.2. The zero-order chi connectivity index (χ0) is 13.5. The quantitative estimate of drug-likeness (QED) is 0.893. The van der Waals surface area contributed by atoms with Gasteiger partial charge in [0.2, 0.25) is 0 Å². The fourth-order valence-corrected chi connectivity index (χ4v) is 1.96. The number of methoxy groups -OCH3 is 1. The van der Waals surface area contributed by atoms with E-state index in [1.54, 1.807) is 30.8 Å². The van der Waals surface area contributed by atoms with Crippen molar-refractivity contribution >= 4 is 23.5 Å². The fourth-order valence-electron chi connectivity index (χ4n) is 1.50. The van der Waals surface area contributed by atoms with Crippen LogP contribution in [-0.2, 0) is 0 Å². The van der Waals surface area contributed by atoms with Gasteiger partial charge in [-0.15, -0.1) is 0 Å². The Hall–Kier alpha value is -1.36. The van der Waals surface area contributed by atoms with Crippen molar-refractivity contribution in [2.24, 2.45) is 0 Å². The molecule has 0 spiro atoms. The van der Waals surface area contributed by atoms with E-state index < -0.39 is 0 Å². The molecule has 1 N–H and O–H groups in total. The lowest BCUT2D eigenvalue weighted by atomic mass is 10.2. The van der Waals surface area contributed by atoms with Gasteiger partial charge in [0.1, 0.15) is 5.75 Å². The number of amides is 2. The van der Waals surface area contributed by atoms with E-state index in [9.17, 15) is 4.79 Å². The normalized spacial score (nSPS) is 10.0. The van der Waals surface area contributed by atoms with Gasteiger partial charge in [0.05, 0.1) is 12.8 Å². The molecule has 0 aliphatic heterocycles. The zero-order valence-electron chi connectivity index (χ0n) is 11.3. The van der Waals surface area contributed by atoms with Crippen molar-refractivity contribution in [1.29, 1.82) is 0 Å². The predicted octanol–water partition coefficient (Wildman–Crippen LogP) is 2.83. The Morgan fingerprint density at radius 3 is 2.83 bits per heavy atom. The van der Waals surface area contributed by atoms with Crippen LogP contribution in [0.5, 0.6) is 5.75 Å². The Balaban J connectivity index is 2.75. The number of anilines is 1. The Morgan fingerprint density at radius 2 is 2.22 bits per heavy atom. The standard InChI is InChI=1S/C13H20N2O2S/c1-10-6-5-7-11(17-3)12(10)14-13(16)15(2)8-9-18-4/h5-7H,8-9H2,1-4H3,(H,14,16). The van der Waals surface area contributed by atoms with Crippen LogP contribution in [0, 0.1) is 6.92 Å². The molecule has 4 nitrogen and oxygen atoms in total. The molecular formula is C13H20N2O2S. The summed E-state index contributed by atoms with van der Waals surface area (Å²) in [5, 5.41) is 2.89. The highest BCUT2D eigenvalue weighted by Crippen LogP contribution is 2.27. The Morgan fingerprint density at radius 1 is 1.50 bits per heavy atom. The molecular weight excluding hydrogens is 248 g/mol. The number of nitrogens with one attached hydrogen (secondary N) is 1. The number of aryl methyl sites for hydroxylation is 1. The zero-order valence-corrected chi connectivity index (χ0v) is 12.1. The van der Waals surface area contributed by atoms with Gasteiger partial charge in [-0.3, -0.25) is 0 Å². The van der Waals surface area contributed by atoms with Crippen LogP contribution < -0.4 is 10.1 Å². The Bertz CT molecular complexity index is 410. The molecule has 1 aromatic carbocycles. The lowest BCUT2D eigenvalue weighted by Crippen LogP contribution is -2.33. The smallest absolute Gasteiger partial charge is 0.321 e. The maximum absolute atomic E-state index is 12.0. The van der Waals surface area contributed by atoms with E-state index in [0.29, 0.717) is 5.75 Å². The van der Waals surface area contributed by atoms with Crippen LogP contribution in [0.15, 0.2) is 18.2 Å². The molecule has 0 unspecified atom stereocenters. The van der Waals surface area contributed by atoms with Crippen LogP contribution in [0.2, 0.25) is 0 Å². The van der Waals surface area contributed by atoms with Gasteiger partial charge in [-0.05, 0) is 24.8 Å².